The zero-order valence-corrected chi connectivity index (χ0v) is 13.3. The molecule has 0 bridgehead atoms. The third-order valence-electron chi connectivity index (χ3n) is 4.70. The molecule has 2 heterocycles. The zero-order chi connectivity index (χ0) is 16.1. The van der Waals surface area contributed by atoms with Gasteiger partial charge in [-0.1, -0.05) is 30.3 Å². The molecule has 23 heavy (non-hydrogen) atoms. The zero-order valence-electron chi connectivity index (χ0n) is 13.3. The molecule has 2 atom stereocenters. The molecule has 0 radical (unpaired) electrons. The van der Waals surface area contributed by atoms with Gasteiger partial charge < -0.3 is 10.6 Å². The lowest BCUT2D eigenvalue weighted by Crippen LogP contribution is -2.30. The normalized spacial score (nSPS) is 20.7. The van der Waals surface area contributed by atoms with Crippen molar-refractivity contribution in [3.8, 4) is 0 Å². The lowest BCUT2D eigenvalue weighted by molar-refractivity contribution is -0.130. The average Bonchev–Trinajstić information content (AvgIpc) is 3.06. The van der Waals surface area contributed by atoms with E-state index in [-0.39, 0.29) is 5.91 Å². The number of carbonyl (C=O) groups excluding carboxylic acids is 1. The largest absolute Gasteiger partial charge is 0.342 e. The lowest BCUT2D eigenvalue weighted by atomic mass is 9.89. The summed E-state index contributed by atoms with van der Waals surface area (Å²) < 4.78 is 0. The molecule has 2 aromatic rings. The Morgan fingerprint density at radius 2 is 1.87 bits per heavy atom. The molecular weight excluding hydrogens is 286 g/mol. The van der Waals surface area contributed by atoms with Crippen molar-refractivity contribution in [1.29, 1.82) is 0 Å². The molecule has 0 unspecified atom stereocenters. The van der Waals surface area contributed by atoms with Gasteiger partial charge in [0.2, 0.25) is 5.91 Å². The monoisotopic (exact) mass is 309 g/mol. The minimum Gasteiger partial charge on any atom is -0.342 e. The van der Waals surface area contributed by atoms with Crippen LogP contribution < -0.4 is 5.73 Å². The van der Waals surface area contributed by atoms with Crippen molar-refractivity contribution in [2.24, 2.45) is 11.7 Å². The predicted molar refractivity (Wildman–Crippen MR) is 90.9 cm³/mol. The highest BCUT2D eigenvalue weighted by atomic mass is 16.2. The number of nitrogens with zero attached hydrogens (tertiary/aromatic N) is 2. The van der Waals surface area contributed by atoms with Gasteiger partial charge in [-0.05, 0) is 42.1 Å². The molecule has 120 valence electrons. The van der Waals surface area contributed by atoms with E-state index in [1.54, 1.807) is 12.4 Å². The topological polar surface area (TPSA) is 59.2 Å². The van der Waals surface area contributed by atoms with Crippen molar-refractivity contribution in [2.45, 2.75) is 18.8 Å². The summed E-state index contributed by atoms with van der Waals surface area (Å²) in [4.78, 5) is 18.5. The van der Waals surface area contributed by atoms with Crippen molar-refractivity contribution in [3.05, 3.63) is 66.0 Å². The Kier molecular flexibility index (Phi) is 5.03. The summed E-state index contributed by atoms with van der Waals surface area (Å²) in [6, 6.07) is 14.3. The van der Waals surface area contributed by atoms with E-state index < -0.39 is 0 Å². The quantitative estimate of drug-likeness (QED) is 0.921. The highest BCUT2D eigenvalue weighted by Crippen LogP contribution is 2.32. The Hall–Kier alpha value is -2.20. The number of amides is 1. The second-order valence-corrected chi connectivity index (χ2v) is 6.17. The van der Waals surface area contributed by atoms with Gasteiger partial charge in [0.05, 0.1) is 0 Å². The van der Waals surface area contributed by atoms with Gasteiger partial charge in [-0.25, -0.2) is 0 Å². The highest BCUT2D eigenvalue weighted by molar-refractivity contribution is 5.77. The first kappa shape index (κ1) is 15.7. The highest BCUT2D eigenvalue weighted by Gasteiger charge is 2.34. The smallest absolute Gasteiger partial charge is 0.222 e. The number of carbonyl (C=O) groups is 1. The SMILES string of the molecule is NC[C@@H]1CN(C(=O)CCc2ccncc2)C[C@H]1c1ccccc1. The van der Waals surface area contributed by atoms with E-state index in [0.29, 0.717) is 24.8 Å². The fourth-order valence-electron chi connectivity index (χ4n) is 3.35. The summed E-state index contributed by atoms with van der Waals surface area (Å²) >= 11 is 0. The summed E-state index contributed by atoms with van der Waals surface area (Å²) in [5, 5.41) is 0. The summed E-state index contributed by atoms with van der Waals surface area (Å²) in [5.41, 5.74) is 8.38. The number of likely N-dealkylation sites (tertiary alicyclic amines) is 1. The van der Waals surface area contributed by atoms with E-state index in [1.165, 1.54) is 5.56 Å². The van der Waals surface area contributed by atoms with Crippen LogP contribution >= 0.6 is 0 Å². The minimum absolute atomic E-state index is 0.221. The first-order chi connectivity index (χ1) is 11.3. The molecule has 4 nitrogen and oxygen atoms in total. The fraction of sp³-hybridized carbons (Fsp3) is 0.368. The van der Waals surface area contributed by atoms with Crippen LogP contribution in [0, 0.1) is 5.92 Å². The van der Waals surface area contributed by atoms with Crippen LogP contribution in [0.5, 0.6) is 0 Å². The lowest BCUT2D eigenvalue weighted by Gasteiger charge is -2.17. The number of aryl methyl sites for hydroxylation is 1. The molecule has 0 spiro atoms. The summed E-state index contributed by atoms with van der Waals surface area (Å²) in [5.74, 6) is 0.923. The number of hydrogen-bond donors (Lipinski definition) is 1. The molecule has 1 fully saturated rings. The summed E-state index contributed by atoms with van der Waals surface area (Å²) in [6.07, 6.45) is 4.85. The Labute approximate surface area is 137 Å². The van der Waals surface area contributed by atoms with Gasteiger partial charge in [0.1, 0.15) is 0 Å². The van der Waals surface area contributed by atoms with E-state index in [0.717, 1.165) is 25.1 Å². The number of rotatable bonds is 5. The van der Waals surface area contributed by atoms with Crippen molar-refractivity contribution in [1.82, 2.24) is 9.88 Å². The van der Waals surface area contributed by atoms with Gasteiger partial charge in [-0.15, -0.1) is 0 Å². The predicted octanol–water partition coefficient (Wildman–Crippen LogP) is 2.22. The van der Waals surface area contributed by atoms with Crippen LogP contribution in [0.15, 0.2) is 54.9 Å². The maximum absolute atomic E-state index is 12.5. The van der Waals surface area contributed by atoms with E-state index in [2.05, 4.69) is 29.2 Å². The Morgan fingerprint density at radius 1 is 1.13 bits per heavy atom. The van der Waals surface area contributed by atoms with Crippen molar-refractivity contribution < 1.29 is 4.79 Å². The van der Waals surface area contributed by atoms with Crippen LogP contribution in [-0.4, -0.2) is 35.4 Å². The molecule has 2 N–H and O–H groups in total. The number of nitrogens with two attached hydrogens (primary N) is 1. The second kappa shape index (κ2) is 7.38. The molecule has 1 aromatic carbocycles. The van der Waals surface area contributed by atoms with Gasteiger partial charge >= 0.3 is 0 Å². The molecule has 1 aliphatic heterocycles. The Morgan fingerprint density at radius 3 is 2.57 bits per heavy atom. The van der Waals surface area contributed by atoms with Gasteiger partial charge in [0, 0.05) is 37.8 Å². The third-order valence-corrected chi connectivity index (χ3v) is 4.70. The van der Waals surface area contributed by atoms with E-state index >= 15 is 0 Å². The van der Waals surface area contributed by atoms with Crippen LogP contribution in [-0.2, 0) is 11.2 Å². The fourth-order valence-corrected chi connectivity index (χ4v) is 3.35. The maximum atomic E-state index is 12.5. The van der Waals surface area contributed by atoms with Gasteiger partial charge in [-0.3, -0.25) is 9.78 Å². The van der Waals surface area contributed by atoms with Crippen LogP contribution in [0.2, 0.25) is 0 Å². The second-order valence-electron chi connectivity index (χ2n) is 6.17. The Bertz CT molecular complexity index is 630. The molecule has 3 rings (SSSR count). The van der Waals surface area contributed by atoms with Crippen LogP contribution in [0.3, 0.4) is 0 Å². The molecule has 0 saturated carbocycles. The average molecular weight is 309 g/mol. The molecule has 1 amide bonds. The number of aromatic nitrogens is 1. The minimum atomic E-state index is 0.221. The van der Waals surface area contributed by atoms with Crippen LogP contribution in [0.25, 0.3) is 0 Å². The molecule has 1 aromatic heterocycles. The van der Waals surface area contributed by atoms with E-state index in [4.69, 9.17) is 5.73 Å². The molecule has 0 aliphatic carbocycles. The first-order valence-corrected chi connectivity index (χ1v) is 8.19. The Balaban J connectivity index is 1.61. The van der Waals surface area contributed by atoms with E-state index in [9.17, 15) is 4.79 Å². The van der Waals surface area contributed by atoms with Gasteiger partial charge in [-0.2, -0.15) is 0 Å². The molecule has 1 aliphatic rings. The van der Waals surface area contributed by atoms with E-state index in [1.807, 2.05) is 23.1 Å². The molecule has 4 heteroatoms. The number of benzene rings is 1. The standard InChI is InChI=1S/C19H23N3O/c20-12-17-13-22(14-18(17)16-4-2-1-3-5-16)19(23)7-6-15-8-10-21-11-9-15/h1-5,8-11,17-18H,6-7,12-14,20H2/t17-,18+/m1/s1. The molecule has 1 saturated heterocycles. The van der Waals surface area contributed by atoms with Crippen molar-refractivity contribution in [3.63, 3.8) is 0 Å². The summed E-state index contributed by atoms with van der Waals surface area (Å²) in [6.45, 7) is 2.17. The van der Waals surface area contributed by atoms with Crippen molar-refractivity contribution in [2.75, 3.05) is 19.6 Å². The van der Waals surface area contributed by atoms with Crippen LogP contribution in [0.1, 0.15) is 23.5 Å². The number of hydrogen-bond acceptors (Lipinski definition) is 3. The number of pyridine rings is 1. The maximum Gasteiger partial charge on any atom is 0.222 e. The van der Waals surface area contributed by atoms with Crippen LogP contribution in [0.4, 0.5) is 0 Å². The van der Waals surface area contributed by atoms with Crippen molar-refractivity contribution >= 4 is 5.91 Å². The summed E-state index contributed by atoms with van der Waals surface area (Å²) in [7, 11) is 0. The third kappa shape index (κ3) is 3.77. The first-order valence-electron chi connectivity index (χ1n) is 8.19. The van der Waals surface area contributed by atoms with Gasteiger partial charge in [0.25, 0.3) is 0 Å². The molecular formula is C19H23N3O. The van der Waals surface area contributed by atoms with Gasteiger partial charge in [0.15, 0.2) is 0 Å².